The van der Waals surface area contributed by atoms with Gasteiger partial charge in [0.25, 0.3) is 6.33 Å². The van der Waals surface area contributed by atoms with Gasteiger partial charge in [-0.05, 0) is 175 Å². The number of benzene rings is 10. The Morgan fingerprint density at radius 2 is 1.10 bits per heavy atom. The molecule has 0 atom stereocenters. The van der Waals surface area contributed by atoms with E-state index < -0.39 is 13.7 Å². The molecule has 4 aromatic heterocycles. The molecule has 0 unspecified atom stereocenters. The van der Waals surface area contributed by atoms with Crippen molar-refractivity contribution >= 4 is 54.6 Å². The zero-order chi connectivity index (χ0) is 63.5. The average Bonchev–Trinajstić information content (AvgIpc) is 1.59. The van der Waals surface area contributed by atoms with Gasteiger partial charge in [0.2, 0.25) is 0 Å². The van der Waals surface area contributed by atoms with E-state index in [9.17, 15) is 0 Å². The molecule has 0 N–H and O–H groups in total. The summed E-state index contributed by atoms with van der Waals surface area (Å²) in [6.45, 7) is 10.7. The Morgan fingerprint density at radius 3 is 1.77 bits per heavy atom. The number of pyridine rings is 1. The van der Waals surface area contributed by atoms with Crippen molar-refractivity contribution in [2.45, 2.75) is 91.3 Å². The quantitative estimate of drug-likeness (QED) is 0.123. The second-order valence-electron chi connectivity index (χ2n) is 25.8. The van der Waals surface area contributed by atoms with Crippen LogP contribution in [0.1, 0.15) is 97.3 Å². The van der Waals surface area contributed by atoms with Crippen LogP contribution >= 0.6 is 0 Å². The molecule has 5 heterocycles. The maximum absolute atomic E-state index is 9.01. The summed E-state index contributed by atoms with van der Waals surface area (Å²) in [7, 11) is 0. The maximum atomic E-state index is 9.01. The number of aryl methyl sites for hydroxylation is 2. The zero-order valence-corrected chi connectivity index (χ0v) is 51.8. The number of aromatic nitrogens is 5. The smallest absolute Gasteiger partial charge is 0.268 e. The van der Waals surface area contributed by atoms with Gasteiger partial charge in [-0.2, -0.15) is 18.2 Å². The van der Waals surface area contributed by atoms with Gasteiger partial charge in [-0.3, -0.25) is 4.57 Å². The summed E-state index contributed by atoms with van der Waals surface area (Å²) in [6.07, 6.45) is 7.89. The molecule has 1 aliphatic heterocycles. The van der Waals surface area contributed by atoms with Crippen molar-refractivity contribution in [2.24, 2.45) is 0 Å². The standard InChI is InChI=1S/C80H65N5O.Pt/c1-49-21-18-22-50(2)75(49)51-41-65-57-26-11-10-25-56(57)63-46-66-67(80(8,9)39-38-79(66,6)7)47-64(63)62-30-20-34-71(84-68-31-15-12-27-58(68)59-28-13-16-32-69(59)84)76(62)83-48-82(73(42-51)77(65)83)53-23-19-24-54(44-53)86-55-35-36-61-60-29-14-17-33-70(60)85(72(61)45-55)74-43-52(37-40-81-74)78(3,4)5;/h10-37,40-43,46-47H,38-39H2,1-9H3;/q-2;/i1D3,2D3;. The van der Waals surface area contributed by atoms with E-state index in [1.807, 2.05) is 65.4 Å². The van der Waals surface area contributed by atoms with Crippen molar-refractivity contribution in [3.63, 3.8) is 0 Å². The number of para-hydroxylation sites is 4. The average molecular weight is 1310 g/mol. The Labute approximate surface area is 531 Å². The Kier molecular flexibility index (Phi) is 11.0. The summed E-state index contributed by atoms with van der Waals surface area (Å²) in [5.41, 5.74) is 17.1. The van der Waals surface area contributed by atoms with Crippen LogP contribution in [0.3, 0.4) is 0 Å². The van der Waals surface area contributed by atoms with E-state index in [0.717, 1.165) is 118 Å². The first-order valence-electron chi connectivity index (χ1n) is 32.7. The number of hydrogen-bond donors (Lipinski definition) is 0. The SMILES string of the molecule is [2H]C([2H])([2H])c1cccc(C([2H])([2H])[2H])c1-c1cc2c3c(c1)n(-c1[c-]c(Oc4[c-]c5c(cc4)c4ccccc4n5-c4cc(C(C)(C)C)ccn4)ccc1)[c-][n+]3-c1c(cccc1-n1c3ccccc3c3ccccc31)-c1cc3c(cc1-c1ccccc1-2)C(C)(C)CCC3(C)C.[Pt]. The Hall–Kier alpha value is -9.09. The molecule has 10 aromatic carbocycles. The summed E-state index contributed by atoms with van der Waals surface area (Å²) in [5, 5.41) is 4.30. The fourth-order valence-electron chi connectivity index (χ4n) is 14.1. The Bertz CT molecular complexity index is 5340. The molecule has 0 radical (unpaired) electrons. The molecule has 0 bridgehead atoms. The van der Waals surface area contributed by atoms with Gasteiger partial charge in [0, 0.05) is 63.3 Å². The van der Waals surface area contributed by atoms with Crippen LogP contribution in [-0.2, 0) is 37.3 Å². The van der Waals surface area contributed by atoms with E-state index in [0.29, 0.717) is 28.3 Å². The van der Waals surface area contributed by atoms with Crippen LogP contribution in [0.4, 0.5) is 0 Å². The minimum absolute atomic E-state index is 0. The molecule has 16 rings (SSSR count). The minimum Gasteiger partial charge on any atom is -0.510 e. The first-order valence-corrected chi connectivity index (χ1v) is 29.7. The van der Waals surface area contributed by atoms with Gasteiger partial charge in [0.1, 0.15) is 5.82 Å². The normalized spacial score (nSPS) is 15.3. The molecule has 14 aromatic rings. The van der Waals surface area contributed by atoms with E-state index in [1.165, 1.54) is 23.3 Å². The van der Waals surface area contributed by atoms with Crippen LogP contribution in [0, 0.1) is 32.2 Å². The predicted molar refractivity (Wildman–Crippen MR) is 353 cm³/mol. The van der Waals surface area contributed by atoms with Gasteiger partial charge >= 0.3 is 0 Å². The first-order chi connectivity index (χ1) is 44.0. The number of imidazole rings is 1. The summed E-state index contributed by atoms with van der Waals surface area (Å²) in [5.74, 6) is 1.66. The van der Waals surface area contributed by atoms with Gasteiger partial charge in [0.15, 0.2) is 0 Å². The van der Waals surface area contributed by atoms with E-state index >= 15 is 0 Å². The summed E-state index contributed by atoms with van der Waals surface area (Å²) in [6, 6.07) is 75.3. The van der Waals surface area contributed by atoms with Crippen molar-refractivity contribution in [1.29, 1.82) is 0 Å². The van der Waals surface area contributed by atoms with Crippen molar-refractivity contribution in [3.8, 4) is 78.9 Å². The third kappa shape index (κ3) is 8.53. The molecule has 7 heteroatoms. The largest absolute Gasteiger partial charge is 0.510 e. The van der Waals surface area contributed by atoms with Crippen LogP contribution in [0.15, 0.2) is 206 Å². The fourth-order valence-corrected chi connectivity index (χ4v) is 14.1. The molecular weight excluding hydrogens is 1240 g/mol. The van der Waals surface area contributed by atoms with Gasteiger partial charge < -0.3 is 18.4 Å². The Morgan fingerprint density at radius 1 is 0.529 bits per heavy atom. The third-order valence-electron chi connectivity index (χ3n) is 18.6. The summed E-state index contributed by atoms with van der Waals surface area (Å²) >= 11 is 0. The molecule has 1 aliphatic carbocycles. The maximum Gasteiger partial charge on any atom is 0.268 e. The van der Waals surface area contributed by atoms with Gasteiger partial charge in [-0.1, -0.05) is 175 Å². The summed E-state index contributed by atoms with van der Waals surface area (Å²) < 4.78 is 69.7. The van der Waals surface area contributed by atoms with Crippen molar-refractivity contribution in [3.05, 3.63) is 253 Å². The molecule has 0 saturated carbocycles. The number of fused-ring (bicyclic) bond motifs is 14. The van der Waals surface area contributed by atoms with Crippen LogP contribution in [0.2, 0.25) is 0 Å². The second kappa shape index (κ2) is 20.0. The molecule has 0 spiro atoms. The topological polar surface area (TPSA) is 40.8 Å². The van der Waals surface area contributed by atoms with E-state index in [4.69, 9.17) is 17.9 Å². The number of hydrogen-bond acceptors (Lipinski definition) is 2. The van der Waals surface area contributed by atoms with Gasteiger partial charge in [-0.15, -0.1) is 29.7 Å². The molecule has 0 saturated heterocycles. The van der Waals surface area contributed by atoms with Crippen LogP contribution < -0.4 is 9.30 Å². The fraction of sp³-hybridized carbons (Fsp3) is 0.175. The summed E-state index contributed by atoms with van der Waals surface area (Å²) in [4.78, 5) is 4.92. The van der Waals surface area contributed by atoms with Crippen molar-refractivity contribution in [2.75, 3.05) is 0 Å². The number of nitrogens with zero attached hydrogens (tertiary/aromatic N) is 5. The van der Waals surface area contributed by atoms with Gasteiger partial charge in [-0.25, -0.2) is 4.98 Å². The second-order valence-corrected chi connectivity index (χ2v) is 25.8. The van der Waals surface area contributed by atoms with Crippen LogP contribution in [0.25, 0.3) is 122 Å². The number of rotatable bonds is 6. The number of ether oxygens (including phenoxy) is 1. The monoisotopic (exact) mass is 1310 g/mol. The Balaban J connectivity index is 0.00000716. The van der Waals surface area contributed by atoms with E-state index in [-0.39, 0.29) is 54.0 Å². The molecule has 428 valence electrons. The molecule has 0 fully saturated rings. The molecule has 87 heavy (non-hydrogen) atoms. The minimum atomic E-state index is -2.68. The van der Waals surface area contributed by atoms with Crippen molar-refractivity contribution < 1.29 is 38.6 Å². The van der Waals surface area contributed by atoms with Crippen LogP contribution in [-0.4, -0.2) is 18.7 Å². The molecule has 6 nitrogen and oxygen atoms in total. The van der Waals surface area contributed by atoms with Crippen molar-refractivity contribution in [1.82, 2.24) is 18.7 Å². The molecule has 0 amide bonds. The molecule has 2 aliphatic rings. The zero-order valence-electron chi connectivity index (χ0n) is 55.5. The molecular formula is C80H65N5OPt-2. The predicted octanol–water partition coefficient (Wildman–Crippen LogP) is 19.9. The first kappa shape index (κ1) is 48.1. The van der Waals surface area contributed by atoms with Crippen LogP contribution in [0.5, 0.6) is 11.5 Å². The van der Waals surface area contributed by atoms with E-state index in [2.05, 4.69) is 208 Å². The van der Waals surface area contributed by atoms with E-state index in [1.54, 1.807) is 6.07 Å². The third-order valence-corrected chi connectivity index (χ3v) is 18.6. The van der Waals surface area contributed by atoms with Gasteiger partial charge in [0.05, 0.1) is 33.4 Å².